The summed E-state index contributed by atoms with van der Waals surface area (Å²) in [5, 5.41) is 3.17. The minimum atomic E-state index is -3.16. The number of carbonyl (C=O) groups excluding carboxylic acids is 1. The number of sulfonamides is 1. The predicted octanol–water partition coefficient (Wildman–Crippen LogP) is 0.305. The number of carbonyl (C=O) groups is 1. The van der Waals surface area contributed by atoms with Crippen molar-refractivity contribution in [2.24, 2.45) is 0 Å². The van der Waals surface area contributed by atoms with Crippen LogP contribution >= 0.6 is 0 Å². The highest BCUT2D eigenvalue weighted by Crippen LogP contribution is 2.16. The molecule has 6 nitrogen and oxygen atoms in total. The van der Waals surface area contributed by atoms with Gasteiger partial charge in [-0.3, -0.25) is 4.79 Å². The Hall–Kier alpha value is -0.660. The zero-order chi connectivity index (χ0) is 15.4. The maximum absolute atomic E-state index is 12.4. The van der Waals surface area contributed by atoms with Gasteiger partial charge in [-0.2, -0.15) is 0 Å². The summed E-state index contributed by atoms with van der Waals surface area (Å²) < 4.78 is 25.7. The molecule has 1 rings (SSSR count). The summed E-state index contributed by atoms with van der Waals surface area (Å²) >= 11 is 0. The Morgan fingerprint density at radius 1 is 1.25 bits per heavy atom. The van der Waals surface area contributed by atoms with Crippen LogP contribution in [0.3, 0.4) is 0 Å². The number of nitrogens with zero attached hydrogens (tertiary/aromatic N) is 1. The molecule has 20 heavy (non-hydrogen) atoms. The molecule has 2 N–H and O–H groups in total. The van der Waals surface area contributed by atoms with E-state index < -0.39 is 15.6 Å². The molecule has 7 heteroatoms. The Balaban J connectivity index is 2.52. The molecule has 0 aromatic carbocycles. The molecule has 0 bridgehead atoms. The van der Waals surface area contributed by atoms with Gasteiger partial charge in [-0.05, 0) is 40.2 Å². The van der Waals surface area contributed by atoms with Gasteiger partial charge in [0.15, 0.2) is 0 Å². The van der Waals surface area contributed by atoms with Gasteiger partial charge < -0.3 is 10.2 Å². The topological polar surface area (TPSA) is 78.5 Å². The molecular weight excluding hydrogens is 278 g/mol. The van der Waals surface area contributed by atoms with Crippen LogP contribution in [-0.4, -0.2) is 56.2 Å². The molecule has 118 valence electrons. The van der Waals surface area contributed by atoms with Gasteiger partial charge in [-0.25, -0.2) is 13.1 Å². The van der Waals surface area contributed by atoms with Crippen LogP contribution < -0.4 is 10.0 Å². The van der Waals surface area contributed by atoms with Gasteiger partial charge in [-0.1, -0.05) is 6.92 Å². The first kappa shape index (κ1) is 17.4. The molecule has 1 fully saturated rings. The third kappa shape index (κ3) is 4.71. The Morgan fingerprint density at radius 2 is 1.80 bits per heavy atom. The molecule has 0 spiro atoms. The number of piperidine rings is 1. The largest absolute Gasteiger partial charge is 0.341 e. The maximum atomic E-state index is 12.4. The normalized spacial score (nSPS) is 18.3. The molecular formula is C13H27N3O3S. The van der Waals surface area contributed by atoms with Crippen molar-refractivity contribution in [2.75, 3.05) is 25.4 Å². The molecule has 1 saturated heterocycles. The van der Waals surface area contributed by atoms with E-state index in [1.165, 1.54) is 0 Å². The van der Waals surface area contributed by atoms with Crippen molar-refractivity contribution in [1.82, 2.24) is 14.9 Å². The minimum absolute atomic E-state index is 0.0498. The molecule has 0 radical (unpaired) electrons. The highest BCUT2D eigenvalue weighted by atomic mass is 32.2. The lowest BCUT2D eigenvalue weighted by molar-refractivity contribution is -0.138. The predicted molar refractivity (Wildman–Crippen MR) is 80.0 cm³/mol. The number of nitrogens with one attached hydrogen (secondary N) is 2. The van der Waals surface area contributed by atoms with Crippen LogP contribution in [0.25, 0.3) is 0 Å². The van der Waals surface area contributed by atoms with E-state index in [0.717, 1.165) is 6.54 Å². The van der Waals surface area contributed by atoms with Gasteiger partial charge in [0.2, 0.25) is 15.9 Å². The van der Waals surface area contributed by atoms with Crippen LogP contribution in [0, 0.1) is 0 Å². The maximum Gasteiger partial charge on any atom is 0.242 e. The molecule has 0 saturated carbocycles. The number of likely N-dealkylation sites (tertiary alicyclic amines) is 1. The molecule has 1 aliphatic rings. The molecule has 1 heterocycles. The van der Waals surface area contributed by atoms with E-state index in [0.29, 0.717) is 25.9 Å². The van der Waals surface area contributed by atoms with Crippen molar-refractivity contribution < 1.29 is 13.2 Å². The first-order chi connectivity index (χ1) is 9.22. The van der Waals surface area contributed by atoms with Gasteiger partial charge in [0.1, 0.15) is 0 Å². The van der Waals surface area contributed by atoms with E-state index in [1.54, 1.807) is 6.92 Å². The zero-order valence-corrected chi connectivity index (χ0v) is 13.7. The average Bonchev–Trinajstić information content (AvgIpc) is 2.38. The van der Waals surface area contributed by atoms with Crippen molar-refractivity contribution in [3.05, 3.63) is 0 Å². The minimum Gasteiger partial charge on any atom is -0.341 e. The Morgan fingerprint density at radius 3 is 2.25 bits per heavy atom. The standard InChI is InChI=1S/C13H27N3O3S/c1-5-14-13(3,4)12(17)16-9-7-11(8-10-16)15-20(18,19)6-2/h11,14-15H,5-10H2,1-4H3. The molecule has 0 unspecified atom stereocenters. The molecule has 0 aliphatic carbocycles. The fraction of sp³-hybridized carbons (Fsp3) is 0.923. The van der Waals surface area contributed by atoms with Gasteiger partial charge in [0, 0.05) is 19.1 Å². The molecule has 1 amide bonds. The number of rotatable bonds is 6. The monoisotopic (exact) mass is 305 g/mol. The summed E-state index contributed by atoms with van der Waals surface area (Å²) in [6.45, 7) is 9.30. The van der Waals surface area contributed by atoms with Crippen molar-refractivity contribution >= 4 is 15.9 Å². The van der Waals surface area contributed by atoms with Crippen LogP contribution in [-0.2, 0) is 14.8 Å². The second-order valence-corrected chi connectivity index (χ2v) is 7.79. The summed E-state index contributed by atoms with van der Waals surface area (Å²) in [7, 11) is -3.16. The summed E-state index contributed by atoms with van der Waals surface area (Å²) in [4.78, 5) is 14.2. The SMILES string of the molecule is CCNC(C)(C)C(=O)N1CCC(NS(=O)(=O)CC)CC1. The van der Waals surface area contributed by atoms with Crippen LogP contribution in [0.2, 0.25) is 0 Å². The lowest BCUT2D eigenvalue weighted by atomic mass is 9.99. The van der Waals surface area contributed by atoms with Crippen LogP contribution in [0.1, 0.15) is 40.5 Å². The van der Waals surface area contributed by atoms with Crippen molar-refractivity contribution in [1.29, 1.82) is 0 Å². The number of hydrogen-bond donors (Lipinski definition) is 2. The van der Waals surface area contributed by atoms with Crippen molar-refractivity contribution in [3.8, 4) is 0 Å². The number of hydrogen-bond acceptors (Lipinski definition) is 4. The van der Waals surface area contributed by atoms with E-state index in [2.05, 4.69) is 10.0 Å². The summed E-state index contributed by atoms with van der Waals surface area (Å²) in [5.74, 6) is 0.177. The fourth-order valence-electron chi connectivity index (χ4n) is 2.45. The second-order valence-electron chi connectivity index (χ2n) is 5.74. The van der Waals surface area contributed by atoms with Crippen LogP contribution in [0.15, 0.2) is 0 Å². The Kier molecular flexibility index (Phi) is 5.97. The van der Waals surface area contributed by atoms with Crippen molar-refractivity contribution in [3.63, 3.8) is 0 Å². The van der Waals surface area contributed by atoms with E-state index in [4.69, 9.17) is 0 Å². The fourth-order valence-corrected chi connectivity index (χ4v) is 3.36. The lowest BCUT2D eigenvalue weighted by Gasteiger charge is -2.37. The van der Waals surface area contributed by atoms with E-state index in [9.17, 15) is 13.2 Å². The Bertz CT molecular complexity index is 426. The van der Waals surface area contributed by atoms with E-state index in [1.807, 2.05) is 25.7 Å². The highest BCUT2D eigenvalue weighted by molar-refractivity contribution is 7.89. The average molecular weight is 305 g/mol. The second kappa shape index (κ2) is 6.87. The summed E-state index contributed by atoms with van der Waals surface area (Å²) in [6, 6.07) is -0.0498. The third-order valence-corrected chi connectivity index (χ3v) is 5.11. The van der Waals surface area contributed by atoms with Gasteiger partial charge in [-0.15, -0.1) is 0 Å². The first-order valence-corrected chi connectivity index (χ1v) is 8.91. The molecule has 0 atom stereocenters. The zero-order valence-electron chi connectivity index (χ0n) is 12.9. The quantitative estimate of drug-likeness (QED) is 0.740. The molecule has 0 aromatic rings. The highest BCUT2D eigenvalue weighted by Gasteiger charge is 2.33. The van der Waals surface area contributed by atoms with E-state index in [-0.39, 0.29) is 17.7 Å². The number of likely N-dealkylation sites (N-methyl/N-ethyl adjacent to an activating group) is 1. The van der Waals surface area contributed by atoms with E-state index >= 15 is 0 Å². The third-order valence-electron chi connectivity index (χ3n) is 3.66. The van der Waals surface area contributed by atoms with Crippen LogP contribution in [0.4, 0.5) is 0 Å². The van der Waals surface area contributed by atoms with Gasteiger partial charge in [0.05, 0.1) is 11.3 Å². The first-order valence-electron chi connectivity index (χ1n) is 7.26. The smallest absolute Gasteiger partial charge is 0.242 e. The molecule has 1 aliphatic heterocycles. The van der Waals surface area contributed by atoms with Crippen LogP contribution in [0.5, 0.6) is 0 Å². The van der Waals surface area contributed by atoms with Crippen molar-refractivity contribution in [2.45, 2.75) is 52.1 Å². The van der Waals surface area contributed by atoms with Gasteiger partial charge in [0.25, 0.3) is 0 Å². The van der Waals surface area contributed by atoms with Gasteiger partial charge >= 0.3 is 0 Å². The summed E-state index contributed by atoms with van der Waals surface area (Å²) in [6.07, 6.45) is 1.35. The number of amides is 1. The molecule has 0 aromatic heterocycles. The summed E-state index contributed by atoms with van der Waals surface area (Å²) in [5.41, 5.74) is -0.565. The lowest BCUT2D eigenvalue weighted by Crippen LogP contribution is -2.57. The Labute approximate surface area is 122 Å².